The summed E-state index contributed by atoms with van der Waals surface area (Å²) >= 11 is 0. The molecule has 3 aromatic carbocycles. The largest absolute Gasteiger partial charge is 0.495 e. The molecule has 1 aromatic heterocycles. The number of pyridine rings is 1. The van der Waals surface area contributed by atoms with E-state index in [1.54, 1.807) is 7.11 Å². The molecule has 1 N–H and O–H groups in total. The van der Waals surface area contributed by atoms with E-state index in [0.29, 0.717) is 31.1 Å². The first-order chi connectivity index (χ1) is 17.1. The van der Waals surface area contributed by atoms with Gasteiger partial charge < -0.3 is 19.5 Å². The monoisotopic (exact) mass is 465 g/mol. The molecular formula is C29H27N3O3. The number of fused-ring (bicyclic) bond motifs is 5. The van der Waals surface area contributed by atoms with Gasteiger partial charge >= 0.3 is 6.03 Å². The Morgan fingerprint density at radius 3 is 2.57 bits per heavy atom. The molecule has 6 heteroatoms. The molecule has 2 bridgehead atoms. The van der Waals surface area contributed by atoms with Crippen LogP contribution in [0.25, 0.3) is 21.9 Å². The van der Waals surface area contributed by atoms with Crippen LogP contribution in [0, 0.1) is 5.92 Å². The highest BCUT2D eigenvalue weighted by Gasteiger charge is 2.37. The SMILES string of the molecule is COc1ccccc1NC(=O)N1C[C@@H]2C[C@H](C1)c1ccc(-c3ccc4ccccc4c3)c(=O)n1C2. The third-order valence-electron chi connectivity index (χ3n) is 7.30. The third-order valence-corrected chi connectivity index (χ3v) is 7.30. The molecule has 6 rings (SSSR count). The number of anilines is 1. The summed E-state index contributed by atoms with van der Waals surface area (Å²) in [6.07, 6.45) is 0.993. The summed E-state index contributed by atoms with van der Waals surface area (Å²) in [7, 11) is 1.59. The van der Waals surface area contributed by atoms with Gasteiger partial charge in [-0.25, -0.2) is 4.79 Å². The van der Waals surface area contributed by atoms with Gasteiger partial charge in [0.2, 0.25) is 0 Å². The van der Waals surface area contributed by atoms with E-state index in [2.05, 4.69) is 35.6 Å². The molecular weight excluding hydrogens is 438 g/mol. The minimum absolute atomic E-state index is 0.0550. The van der Waals surface area contributed by atoms with Gasteiger partial charge in [-0.15, -0.1) is 0 Å². The fourth-order valence-electron chi connectivity index (χ4n) is 5.63. The molecule has 6 nitrogen and oxygen atoms in total. The molecule has 0 radical (unpaired) electrons. The molecule has 2 atom stereocenters. The van der Waals surface area contributed by atoms with Crippen LogP contribution in [0.4, 0.5) is 10.5 Å². The van der Waals surface area contributed by atoms with Crippen molar-refractivity contribution in [3.05, 3.63) is 94.9 Å². The molecule has 2 amide bonds. The third kappa shape index (κ3) is 3.85. The molecule has 2 aliphatic rings. The van der Waals surface area contributed by atoms with Gasteiger partial charge in [0.1, 0.15) is 5.75 Å². The van der Waals surface area contributed by atoms with Crippen molar-refractivity contribution in [3.63, 3.8) is 0 Å². The lowest BCUT2D eigenvalue weighted by Gasteiger charge is -2.42. The molecule has 4 aromatic rings. The zero-order valence-corrected chi connectivity index (χ0v) is 19.6. The predicted octanol–water partition coefficient (Wildman–Crippen LogP) is 5.33. The number of rotatable bonds is 3. The summed E-state index contributed by atoms with van der Waals surface area (Å²) in [4.78, 5) is 28.5. The van der Waals surface area contributed by atoms with Gasteiger partial charge in [0, 0.05) is 36.8 Å². The standard InChI is InChI=1S/C29H27N3O3/c1-35-27-9-5-4-8-25(27)30-29(34)31-16-19-14-23(18-31)26-13-12-24(28(33)32(26)17-19)22-11-10-20-6-2-3-7-21(20)15-22/h2-13,15,19,23H,14,16-18H2,1H3,(H,30,34)/t19-,23+/m0/s1. The molecule has 1 saturated heterocycles. The van der Waals surface area contributed by atoms with Gasteiger partial charge in [0.15, 0.2) is 0 Å². The van der Waals surface area contributed by atoms with E-state index in [1.165, 1.54) is 0 Å². The number of likely N-dealkylation sites (tertiary alicyclic amines) is 1. The van der Waals surface area contributed by atoms with Crippen molar-refractivity contribution in [1.82, 2.24) is 9.47 Å². The normalized spacial score (nSPS) is 18.7. The van der Waals surface area contributed by atoms with E-state index >= 15 is 0 Å². The fourth-order valence-corrected chi connectivity index (χ4v) is 5.63. The smallest absolute Gasteiger partial charge is 0.321 e. The maximum absolute atomic E-state index is 13.6. The Morgan fingerprint density at radius 1 is 0.914 bits per heavy atom. The zero-order valence-electron chi connectivity index (χ0n) is 19.6. The summed E-state index contributed by atoms with van der Waals surface area (Å²) in [5.74, 6) is 1.02. The number of nitrogens with one attached hydrogen (secondary N) is 1. The van der Waals surface area contributed by atoms with E-state index in [1.807, 2.05) is 58.0 Å². The Kier molecular flexibility index (Phi) is 5.29. The van der Waals surface area contributed by atoms with Crippen LogP contribution in [0.5, 0.6) is 5.75 Å². The molecule has 35 heavy (non-hydrogen) atoms. The summed E-state index contributed by atoms with van der Waals surface area (Å²) < 4.78 is 7.31. The Bertz CT molecular complexity index is 1490. The van der Waals surface area contributed by atoms with Crippen molar-refractivity contribution in [3.8, 4) is 16.9 Å². The van der Waals surface area contributed by atoms with Crippen molar-refractivity contribution in [2.24, 2.45) is 5.92 Å². The van der Waals surface area contributed by atoms with Crippen LogP contribution >= 0.6 is 0 Å². The Labute approximate surface area is 203 Å². The lowest BCUT2D eigenvalue weighted by molar-refractivity contribution is 0.139. The average molecular weight is 466 g/mol. The van der Waals surface area contributed by atoms with Gasteiger partial charge in [-0.3, -0.25) is 4.79 Å². The van der Waals surface area contributed by atoms with Crippen LogP contribution in [0.1, 0.15) is 18.0 Å². The number of benzene rings is 3. The minimum atomic E-state index is -0.132. The topological polar surface area (TPSA) is 63.6 Å². The van der Waals surface area contributed by atoms with Crippen LogP contribution in [0.15, 0.2) is 83.7 Å². The number of ether oxygens (including phenoxy) is 1. The number of amides is 2. The highest BCUT2D eigenvalue weighted by Crippen LogP contribution is 2.36. The molecule has 0 saturated carbocycles. The second-order valence-electron chi connectivity index (χ2n) is 9.48. The van der Waals surface area contributed by atoms with Crippen LogP contribution in [-0.4, -0.2) is 35.7 Å². The molecule has 0 unspecified atom stereocenters. The number of methoxy groups -OCH3 is 1. The lowest BCUT2D eigenvalue weighted by atomic mass is 9.83. The number of urea groups is 1. The minimum Gasteiger partial charge on any atom is -0.495 e. The Morgan fingerprint density at radius 2 is 1.71 bits per heavy atom. The summed E-state index contributed by atoms with van der Waals surface area (Å²) in [6, 6.07) is 25.7. The average Bonchev–Trinajstić information content (AvgIpc) is 2.89. The molecule has 0 spiro atoms. The van der Waals surface area contributed by atoms with Crippen molar-refractivity contribution in [2.45, 2.75) is 18.9 Å². The number of carbonyl (C=O) groups excluding carboxylic acids is 1. The summed E-state index contributed by atoms with van der Waals surface area (Å²) in [6.45, 7) is 1.85. The van der Waals surface area contributed by atoms with E-state index < -0.39 is 0 Å². The van der Waals surface area contributed by atoms with Gasteiger partial charge in [0.05, 0.1) is 12.8 Å². The second kappa shape index (κ2) is 8.62. The quantitative estimate of drug-likeness (QED) is 0.445. The van der Waals surface area contributed by atoms with Crippen LogP contribution in [0.2, 0.25) is 0 Å². The van der Waals surface area contributed by atoms with Gasteiger partial charge in [-0.05, 0) is 59.0 Å². The zero-order chi connectivity index (χ0) is 23.9. The molecule has 176 valence electrons. The first-order valence-corrected chi connectivity index (χ1v) is 12.0. The van der Waals surface area contributed by atoms with Crippen molar-refractivity contribution < 1.29 is 9.53 Å². The molecule has 3 heterocycles. The van der Waals surface area contributed by atoms with Crippen LogP contribution < -0.4 is 15.6 Å². The molecule has 1 fully saturated rings. The molecule has 2 aliphatic heterocycles. The summed E-state index contributed by atoms with van der Waals surface area (Å²) in [5.41, 5.74) is 3.40. The number of nitrogens with zero attached hydrogens (tertiary/aromatic N) is 2. The first kappa shape index (κ1) is 21.5. The Balaban J connectivity index is 1.27. The fraction of sp³-hybridized carbons (Fsp3) is 0.241. The summed E-state index contributed by atoms with van der Waals surface area (Å²) in [5, 5.41) is 5.28. The van der Waals surface area contributed by atoms with Crippen LogP contribution in [0.3, 0.4) is 0 Å². The van der Waals surface area contributed by atoms with Gasteiger partial charge in [0.25, 0.3) is 5.56 Å². The molecule has 0 aliphatic carbocycles. The number of aromatic nitrogens is 1. The van der Waals surface area contributed by atoms with Gasteiger partial charge in [-0.2, -0.15) is 0 Å². The maximum atomic E-state index is 13.6. The number of piperidine rings is 1. The first-order valence-electron chi connectivity index (χ1n) is 12.0. The van der Waals surface area contributed by atoms with Gasteiger partial charge in [-0.1, -0.05) is 48.5 Å². The van der Waals surface area contributed by atoms with Crippen molar-refractivity contribution in [2.75, 3.05) is 25.5 Å². The van der Waals surface area contributed by atoms with Crippen LogP contribution in [-0.2, 0) is 6.54 Å². The number of hydrogen-bond acceptors (Lipinski definition) is 3. The lowest BCUT2D eigenvalue weighted by Crippen LogP contribution is -2.50. The maximum Gasteiger partial charge on any atom is 0.321 e. The number of carbonyl (C=O) groups is 1. The van der Waals surface area contributed by atoms with E-state index in [9.17, 15) is 9.59 Å². The highest BCUT2D eigenvalue weighted by atomic mass is 16.5. The van der Waals surface area contributed by atoms with Crippen molar-refractivity contribution >= 4 is 22.5 Å². The highest BCUT2D eigenvalue weighted by molar-refractivity contribution is 5.91. The second-order valence-corrected chi connectivity index (χ2v) is 9.48. The number of para-hydroxylation sites is 2. The number of hydrogen-bond donors (Lipinski definition) is 1. The van der Waals surface area contributed by atoms with E-state index in [-0.39, 0.29) is 23.4 Å². The Hall–Kier alpha value is -4.06. The van der Waals surface area contributed by atoms with Crippen molar-refractivity contribution in [1.29, 1.82) is 0 Å². The van der Waals surface area contributed by atoms with E-state index in [0.717, 1.165) is 34.0 Å². The predicted molar refractivity (Wildman–Crippen MR) is 138 cm³/mol. The van der Waals surface area contributed by atoms with E-state index in [4.69, 9.17) is 4.74 Å².